The summed E-state index contributed by atoms with van der Waals surface area (Å²) in [4.78, 5) is 3.79. The molecular formula is C19H18F2IN3O5S. The van der Waals surface area contributed by atoms with Crippen molar-refractivity contribution in [2.24, 2.45) is 0 Å². The average molecular weight is 565 g/mol. The van der Waals surface area contributed by atoms with Crippen molar-refractivity contribution >= 4 is 60.8 Å². The highest BCUT2D eigenvalue weighted by Crippen LogP contribution is 2.48. The van der Waals surface area contributed by atoms with Crippen LogP contribution in [0.1, 0.15) is 19.3 Å². The summed E-state index contributed by atoms with van der Waals surface area (Å²) < 4.78 is 62.5. The summed E-state index contributed by atoms with van der Waals surface area (Å²) in [6.07, 6.45) is 0.204. The smallest absolute Gasteiger partial charge is 0.238 e. The van der Waals surface area contributed by atoms with E-state index in [1.807, 2.05) is 22.6 Å². The number of aliphatic hydroxyl groups is 2. The number of rotatable bonds is 8. The van der Waals surface area contributed by atoms with E-state index in [2.05, 4.69) is 15.0 Å². The van der Waals surface area contributed by atoms with Crippen LogP contribution in [0.4, 0.5) is 25.8 Å². The number of benzene rings is 2. The minimum atomic E-state index is -4.09. The van der Waals surface area contributed by atoms with E-state index in [1.165, 1.54) is 18.2 Å². The fourth-order valence-corrected chi connectivity index (χ4v) is 5.53. The zero-order valence-electron chi connectivity index (χ0n) is 15.9. The van der Waals surface area contributed by atoms with Gasteiger partial charge in [0.25, 0.3) is 0 Å². The van der Waals surface area contributed by atoms with Crippen LogP contribution in [-0.4, -0.2) is 41.1 Å². The standard InChI is InChI=1S/C19H18F2IN3O5S/c20-12-5-10(22)1-2-13(12)24-17-14(6-15-18(16(17)21)23-9-30-15)25-31(28,29)19(3-4-19)7-11(27)8-26/h1-2,5-6,9,11,24-27H,3-4,7-8H2. The molecule has 1 heterocycles. The first kappa shape index (κ1) is 22.2. The number of fused-ring (bicyclic) bond motifs is 1. The number of anilines is 3. The van der Waals surface area contributed by atoms with Gasteiger partial charge in [0.2, 0.25) is 10.0 Å². The molecule has 0 bridgehead atoms. The van der Waals surface area contributed by atoms with Crippen LogP contribution in [0.2, 0.25) is 0 Å². The Kier molecular flexibility index (Phi) is 5.83. The fourth-order valence-electron chi connectivity index (χ4n) is 3.36. The molecule has 1 aromatic heterocycles. The lowest BCUT2D eigenvalue weighted by molar-refractivity contribution is 0.0858. The van der Waals surface area contributed by atoms with Crippen LogP contribution < -0.4 is 10.0 Å². The summed E-state index contributed by atoms with van der Waals surface area (Å²) in [5.41, 5.74) is -0.704. The molecule has 1 aliphatic carbocycles. The predicted molar refractivity (Wildman–Crippen MR) is 119 cm³/mol. The maximum absolute atomic E-state index is 15.2. The van der Waals surface area contributed by atoms with E-state index < -0.39 is 39.1 Å². The molecule has 12 heteroatoms. The molecule has 1 atom stereocenters. The minimum absolute atomic E-state index is 0.00377. The van der Waals surface area contributed by atoms with Crippen LogP contribution in [0.15, 0.2) is 35.1 Å². The first-order valence-corrected chi connectivity index (χ1v) is 11.8. The molecule has 0 saturated heterocycles. The molecule has 166 valence electrons. The Balaban J connectivity index is 1.76. The highest BCUT2D eigenvalue weighted by Gasteiger charge is 2.55. The first-order chi connectivity index (χ1) is 14.7. The van der Waals surface area contributed by atoms with Gasteiger partial charge in [-0.25, -0.2) is 22.2 Å². The van der Waals surface area contributed by atoms with E-state index in [0.717, 1.165) is 6.39 Å². The molecule has 1 aliphatic rings. The summed E-state index contributed by atoms with van der Waals surface area (Å²) in [5.74, 6) is -1.56. The Morgan fingerprint density at radius 3 is 2.65 bits per heavy atom. The van der Waals surface area contributed by atoms with Crippen LogP contribution in [0.25, 0.3) is 11.1 Å². The summed E-state index contributed by atoms with van der Waals surface area (Å²) in [6, 6.07) is 5.52. The Morgan fingerprint density at radius 2 is 2.00 bits per heavy atom. The molecule has 0 aliphatic heterocycles. The second kappa shape index (κ2) is 8.15. The Labute approximate surface area is 189 Å². The van der Waals surface area contributed by atoms with Crippen LogP contribution in [0.3, 0.4) is 0 Å². The van der Waals surface area contributed by atoms with Gasteiger partial charge in [0.05, 0.1) is 28.8 Å². The lowest BCUT2D eigenvalue weighted by Gasteiger charge is -2.22. The summed E-state index contributed by atoms with van der Waals surface area (Å²) >= 11 is 1.93. The maximum Gasteiger partial charge on any atom is 0.238 e. The van der Waals surface area contributed by atoms with Gasteiger partial charge in [-0.3, -0.25) is 4.72 Å². The lowest BCUT2D eigenvalue weighted by Crippen LogP contribution is -2.34. The van der Waals surface area contributed by atoms with E-state index in [-0.39, 0.29) is 47.4 Å². The molecule has 4 rings (SSSR count). The molecule has 1 saturated carbocycles. The molecule has 3 aromatic rings. The highest BCUT2D eigenvalue weighted by atomic mass is 127. The summed E-state index contributed by atoms with van der Waals surface area (Å²) in [5, 5.41) is 21.4. The van der Waals surface area contributed by atoms with E-state index in [9.17, 15) is 17.9 Å². The largest absolute Gasteiger partial charge is 0.443 e. The SMILES string of the molecule is O=S(=O)(Nc1cc2ocnc2c(F)c1Nc1ccc(I)cc1F)C1(CC(O)CO)CC1. The lowest BCUT2D eigenvalue weighted by atomic mass is 10.2. The number of hydrogen-bond donors (Lipinski definition) is 4. The van der Waals surface area contributed by atoms with Crippen LogP contribution in [0, 0.1) is 15.2 Å². The molecule has 1 unspecified atom stereocenters. The second-order valence-electron chi connectivity index (χ2n) is 7.39. The van der Waals surface area contributed by atoms with Gasteiger partial charge in [-0.15, -0.1) is 0 Å². The quantitative estimate of drug-likeness (QED) is 0.309. The molecule has 8 nitrogen and oxygen atoms in total. The zero-order chi connectivity index (χ0) is 22.4. The van der Waals surface area contributed by atoms with Crippen molar-refractivity contribution < 1.29 is 31.8 Å². The molecule has 1 fully saturated rings. The normalized spacial score (nSPS) is 16.3. The third kappa shape index (κ3) is 4.21. The number of sulfonamides is 1. The summed E-state index contributed by atoms with van der Waals surface area (Å²) in [6.45, 7) is -0.575. The van der Waals surface area contributed by atoms with Gasteiger partial charge in [0.15, 0.2) is 17.8 Å². The van der Waals surface area contributed by atoms with Crippen molar-refractivity contribution in [2.75, 3.05) is 16.6 Å². The Bertz CT molecular complexity index is 1250. The van der Waals surface area contributed by atoms with Crippen molar-refractivity contribution in [3.8, 4) is 0 Å². The first-order valence-electron chi connectivity index (χ1n) is 9.25. The van der Waals surface area contributed by atoms with E-state index >= 15 is 4.39 Å². The minimum Gasteiger partial charge on any atom is -0.443 e. The van der Waals surface area contributed by atoms with Gasteiger partial charge in [-0.05, 0) is 60.1 Å². The van der Waals surface area contributed by atoms with Gasteiger partial charge < -0.3 is 19.9 Å². The number of aromatic nitrogens is 1. The third-order valence-corrected chi connectivity index (χ3v) is 8.07. The number of halogens is 3. The monoisotopic (exact) mass is 565 g/mol. The molecular weight excluding hydrogens is 547 g/mol. The van der Waals surface area contributed by atoms with Crippen LogP contribution in [-0.2, 0) is 10.0 Å². The molecule has 0 spiro atoms. The highest BCUT2D eigenvalue weighted by molar-refractivity contribution is 14.1. The number of oxazole rings is 1. The van der Waals surface area contributed by atoms with Crippen LogP contribution in [0.5, 0.6) is 0 Å². The van der Waals surface area contributed by atoms with Gasteiger partial charge in [0.1, 0.15) is 17.0 Å². The van der Waals surface area contributed by atoms with Crippen molar-refractivity contribution in [2.45, 2.75) is 30.1 Å². The van der Waals surface area contributed by atoms with Crippen molar-refractivity contribution in [3.05, 3.63) is 45.9 Å². The molecule has 0 amide bonds. The molecule has 2 aromatic carbocycles. The zero-order valence-corrected chi connectivity index (χ0v) is 18.9. The van der Waals surface area contributed by atoms with E-state index in [0.29, 0.717) is 3.57 Å². The predicted octanol–water partition coefficient (Wildman–Crippen LogP) is 3.47. The van der Waals surface area contributed by atoms with E-state index in [1.54, 1.807) is 6.07 Å². The Morgan fingerprint density at radius 1 is 1.26 bits per heavy atom. The maximum atomic E-state index is 15.2. The van der Waals surface area contributed by atoms with E-state index in [4.69, 9.17) is 9.52 Å². The second-order valence-corrected chi connectivity index (χ2v) is 10.7. The summed E-state index contributed by atoms with van der Waals surface area (Å²) in [7, 11) is -4.09. The number of hydrogen-bond acceptors (Lipinski definition) is 7. The third-order valence-electron chi connectivity index (χ3n) is 5.20. The van der Waals surface area contributed by atoms with Gasteiger partial charge in [-0.2, -0.15) is 0 Å². The Hall–Kier alpha value is -2.03. The number of aliphatic hydroxyl groups excluding tert-OH is 2. The fraction of sp³-hybridized carbons (Fsp3) is 0.316. The van der Waals surface area contributed by atoms with Gasteiger partial charge >= 0.3 is 0 Å². The van der Waals surface area contributed by atoms with Crippen molar-refractivity contribution in [1.29, 1.82) is 0 Å². The average Bonchev–Trinajstić information content (AvgIpc) is 3.35. The van der Waals surface area contributed by atoms with Crippen molar-refractivity contribution in [1.82, 2.24) is 4.98 Å². The number of nitrogens with zero attached hydrogens (tertiary/aromatic N) is 1. The van der Waals surface area contributed by atoms with Gasteiger partial charge in [0, 0.05) is 9.64 Å². The number of nitrogens with one attached hydrogen (secondary N) is 2. The molecule has 31 heavy (non-hydrogen) atoms. The topological polar surface area (TPSA) is 125 Å². The van der Waals surface area contributed by atoms with Gasteiger partial charge in [-0.1, -0.05) is 0 Å². The molecule has 4 N–H and O–H groups in total. The van der Waals surface area contributed by atoms with Crippen molar-refractivity contribution in [3.63, 3.8) is 0 Å². The molecule has 0 radical (unpaired) electrons. The van der Waals surface area contributed by atoms with Crippen LogP contribution >= 0.6 is 22.6 Å².